The van der Waals surface area contributed by atoms with Crippen molar-refractivity contribution in [2.45, 2.75) is 30.4 Å². The van der Waals surface area contributed by atoms with Gasteiger partial charge in [-0.25, -0.2) is 27.9 Å². The van der Waals surface area contributed by atoms with Crippen LogP contribution in [0.2, 0.25) is 0 Å². The Morgan fingerprint density at radius 2 is 1.74 bits per heavy atom. The van der Waals surface area contributed by atoms with Gasteiger partial charge in [0, 0.05) is 17.1 Å². The monoisotopic (exact) mass is 628 g/mol. The maximum absolute atomic E-state index is 13.4. The summed E-state index contributed by atoms with van der Waals surface area (Å²) >= 11 is 1.53. The average molecular weight is 629 g/mol. The molecule has 0 spiro atoms. The van der Waals surface area contributed by atoms with E-state index in [1.165, 1.54) is 29.8 Å². The van der Waals surface area contributed by atoms with Crippen LogP contribution in [0.4, 0.5) is 11.5 Å². The van der Waals surface area contributed by atoms with Crippen LogP contribution in [0.1, 0.15) is 20.8 Å². The van der Waals surface area contributed by atoms with Crippen LogP contribution >= 0.6 is 44.0 Å². The van der Waals surface area contributed by atoms with E-state index in [1.807, 2.05) is 18.2 Å². The predicted molar refractivity (Wildman–Crippen MR) is 151 cm³/mol. The summed E-state index contributed by atoms with van der Waals surface area (Å²) in [7, 11) is -8.57. The predicted octanol–water partition coefficient (Wildman–Crippen LogP) is 4.06. The van der Waals surface area contributed by atoms with E-state index in [4.69, 9.17) is 14.5 Å². The molecule has 0 aliphatic rings. The molecule has 17 heteroatoms. The average Bonchev–Trinajstić information content (AvgIpc) is 3.23. The van der Waals surface area contributed by atoms with Gasteiger partial charge in [0.05, 0.1) is 32.6 Å². The Morgan fingerprint density at radius 3 is 2.39 bits per heavy atom. The van der Waals surface area contributed by atoms with Gasteiger partial charge < -0.3 is 25.3 Å². The third-order valence-electron chi connectivity index (χ3n) is 4.99. The highest BCUT2D eigenvalue weighted by atomic mass is 35.5. The van der Waals surface area contributed by atoms with Crippen molar-refractivity contribution in [1.82, 2.24) is 15.0 Å². The molecule has 0 aliphatic heterocycles. The van der Waals surface area contributed by atoms with Crippen molar-refractivity contribution in [3.8, 4) is 5.75 Å². The quantitative estimate of drug-likeness (QED) is 0.188. The first-order chi connectivity index (χ1) is 16.3. The number of fused-ring (bicyclic) bond motifs is 2. The summed E-state index contributed by atoms with van der Waals surface area (Å²) in [6.07, 6.45) is 1.34. The number of anilines is 2. The lowest BCUT2D eigenvalue weighted by Crippen LogP contribution is -2.28. The van der Waals surface area contributed by atoms with Crippen LogP contribution in [-0.4, -0.2) is 56.6 Å². The highest BCUT2D eigenvalue weighted by Crippen LogP contribution is 2.38. The van der Waals surface area contributed by atoms with E-state index >= 15 is 0 Å². The second-order valence-electron chi connectivity index (χ2n) is 8.49. The minimum atomic E-state index is -4.68. The zero-order valence-corrected chi connectivity index (χ0v) is 24.5. The number of nitrogens with one attached hydrogen (secondary N) is 1. The fourth-order valence-electron chi connectivity index (χ4n) is 3.20. The van der Waals surface area contributed by atoms with Crippen molar-refractivity contribution in [2.24, 2.45) is 0 Å². The van der Waals surface area contributed by atoms with E-state index in [0.717, 1.165) is 15.9 Å². The molecule has 2 aromatic carbocycles. The Labute approximate surface area is 235 Å². The van der Waals surface area contributed by atoms with E-state index in [1.54, 1.807) is 26.3 Å². The van der Waals surface area contributed by atoms with Crippen molar-refractivity contribution in [2.75, 3.05) is 18.5 Å². The van der Waals surface area contributed by atoms with Crippen LogP contribution in [0.3, 0.4) is 0 Å². The molecule has 0 saturated heterocycles. The SMILES string of the molecule is CC(C)(C)S(=O)(=O)c1cc2c(Nc3ccc4scnc4c3)ncnc2cc1OCCOP(=O)(O)O.Cl.Cl.O. The Balaban J connectivity index is 0.00000241. The number of benzene rings is 2. The molecule has 2 heterocycles. The molecule has 210 valence electrons. The Hall–Kier alpha value is -2.13. The summed E-state index contributed by atoms with van der Waals surface area (Å²) < 4.78 is 47.6. The molecule has 38 heavy (non-hydrogen) atoms. The maximum Gasteiger partial charge on any atom is 0.469 e. The number of ether oxygens (including phenoxy) is 1. The number of nitrogens with zero attached hydrogens (tertiary/aromatic N) is 3. The summed E-state index contributed by atoms with van der Waals surface area (Å²) in [4.78, 5) is 30.5. The number of rotatable bonds is 8. The third-order valence-corrected chi connectivity index (χ3v) is 8.83. The van der Waals surface area contributed by atoms with Gasteiger partial charge in [-0.15, -0.1) is 36.2 Å². The summed E-state index contributed by atoms with van der Waals surface area (Å²) in [6.45, 7) is 3.98. The highest BCUT2D eigenvalue weighted by Gasteiger charge is 2.34. The lowest BCUT2D eigenvalue weighted by Gasteiger charge is -2.22. The largest absolute Gasteiger partial charge is 0.490 e. The zero-order chi connectivity index (χ0) is 25.4. The van der Waals surface area contributed by atoms with E-state index < -0.39 is 29.0 Å². The minimum absolute atomic E-state index is 0. The number of phosphoric acid groups is 1. The van der Waals surface area contributed by atoms with Gasteiger partial charge in [0.1, 0.15) is 29.4 Å². The molecular weight excluding hydrogens is 602 g/mol. The topological polar surface area (TPSA) is 192 Å². The number of halogens is 2. The molecule has 5 N–H and O–H groups in total. The molecule has 0 fully saturated rings. The Kier molecular flexibility index (Phi) is 11.4. The van der Waals surface area contributed by atoms with Crippen molar-refractivity contribution in [3.05, 3.63) is 42.2 Å². The lowest BCUT2D eigenvalue weighted by molar-refractivity contribution is 0.159. The fraction of sp³-hybridized carbons (Fsp3) is 0.286. The van der Waals surface area contributed by atoms with Crippen molar-refractivity contribution >= 4 is 86.4 Å². The van der Waals surface area contributed by atoms with Crippen LogP contribution in [0, 0.1) is 0 Å². The minimum Gasteiger partial charge on any atom is -0.490 e. The molecule has 0 unspecified atom stereocenters. The van der Waals surface area contributed by atoms with Crippen molar-refractivity contribution in [3.63, 3.8) is 0 Å². The van der Waals surface area contributed by atoms with Crippen LogP contribution in [0.25, 0.3) is 21.1 Å². The molecule has 0 bridgehead atoms. The normalized spacial score (nSPS) is 11.8. The molecular formula is C21H27Cl2N4O8PS2. The summed E-state index contributed by atoms with van der Waals surface area (Å²) in [6, 6.07) is 8.57. The number of aromatic nitrogens is 3. The first kappa shape index (κ1) is 33.9. The number of sulfone groups is 1. The molecule has 4 rings (SSSR count). The summed E-state index contributed by atoms with van der Waals surface area (Å²) in [5.41, 5.74) is 3.71. The Morgan fingerprint density at radius 1 is 1.03 bits per heavy atom. The van der Waals surface area contributed by atoms with E-state index in [2.05, 4.69) is 24.8 Å². The van der Waals surface area contributed by atoms with Crippen LogP contribution in [0.15, 0.2) is 47.1 Å². The molecule has 0 radical (unpaired) electrons. The molecule has 2 aromatic heterocycles. The summed E-state index contributed by atoms with van der Waals surface area (Å²) in [5.74, 6) is 0.390. The maximum atomic E-state index is 13.4. The molecule has 0 saturated carbocycles. The lowest BCUT2D eigenvalue weighted by atomic mass is 10.2. The second-order valence-corrected chi connectivity index (χ2v) is 13.3. The number of hydrogen-bond donors (Lipinski definition) is 3. The van der Waals surface area contributed by atoms with Gasteiger partial charge in [-0.1, -0.05) is 0 Å². The van der Waals surface area contributed by atoms with Crippen molar-refractivity contribution < 1.29 is 37.5 Å². The van der Waals surface area contributed by atoms with Crippen LogP contribution in [0.5, 0.6) is 5.75 Å². The van der Waals surface area contributed by atoms with Crippen LogP contribution in [-0.2, 0) is 18.9 Å². The molecule has 0 aliphatic carbocycles. The molecule has 0 amide bonds. The van der Waals surface area contributed by atoms with Gasteiger partial charge in [0.2, 0.25) is 0 Å². The fourth-order valence-corrected chi connectivity index (χ4v) is 5.48. The van der Waals surface area contributed by atoms with Gasteiger partial charge in [-0.3, -0.25) is 4.52 Å². The number of thiazole rings is 1. The van der Waals surface area contributed by atoms with E-state index in [0.29, 0.717) is 16.7 Å². The third kappa shape index (κ3) is 7.50. The van der Waals surface area contributed by atoms with E-state index in [9.17, 15) is 13.0 Å². The van der Waals surface area contributed by atoms with Gasteiger partial charge in [-0.05, 0) is 45.0 Å². The Bertz CT molecular complexity index is 1560. The second kappa shape index (κ2) is 12.8. The first-order valence-corrected chi connectivity index (χ1v) is 14.2. The van der Waals surface area contributed by atoms with Gasteiger partial charge in [-0.2, -0.15) is 0 Å². The smallest absolute Gasteiger partial charge is 0.469 e. The summed E-state index contributed by atoms with van der Waals surface area (Å²) in [5, 5.41) is 3.66. The van der Waals surface area contributed by atoms with Crippen LogP contribution < -0.4 is 10.1 Å². The van der Waals surface area contributed by atoms with Gasteiger partial charge >= 0.3 is 7.82 Å². The highest BCUT2D eigenvalue weighted by molar-refractivity contribution is 7.92. The molecule has 12 nitrogen and oxygen atoms in total. The van der Waals surface area contributed by atoms with Gasteiger partial charge in [0.15, 0.2) is 9.84 Å². The van der Waals surface area contributed by atoms with Crippen molar-refractivity contribution in [1.29, 1.82) is 0 Å². The molecule has 4 aromatic rings. The zero-order valence-electron chi connectivity index (χ0n) is 20.3. The number of hydrogen-bond acceptors (Lipinski definition) is 10. The van der Waals surface area contributed by atoms with E-state index in [-0.39, 0.29) is 47.5 Å². The number of phosphoric ester groups is 1. The first-order valence-electron chi connectivity index (χ1n) is 10.3. The van der Waals surface area contributed by atoms with Gasteiger partial charge in [0.25, 0.3) is 0 Å². The standard InChI is InChI=1S/C21H23N4O7PS2.2ClH.H2O/c1-21(2,3)35(29,30)19-9-14-15(10-17(19)31-6-7-32-33(26,27)28)22-11-23-20(14)25-13-4-5-18-16(8-13)24-12-34-18;;;/h4-5,8-12H,6-7H2,1-3H3,(H,22,23,25)(H2,26,27,28);2*1H;1H2. The molecule has 0 atom stereocenters.